The third kappa shape index (κ3) is 2.44. The average molecular weight is 252 g/mol. The predicted octanol–water partition coefficient (Wildman–Crippen LogP) is 2.78. The Kier molecular flexibility index (Phi) is 3.29. The number of thiocarbonyl (C=S) groups is 1. The molecule has 3 heteroatoms. The molecule has 2 saturated carbocycles. The minimum Gasteiger partial charge on any atom is -0.360 e. The fourth-order valence-corrected chi connectivity index (χ4v) is 4.36. The maximum Gasteiger partial charge on any atom is 0.169 e. The number of likely N-dealkylation sites (tertiary alicyclic amines) is 1. The number of piperidine rings is 1. The smallest absolute Gasteiger partial charge is 0.169 e. The van der Waals surface area contributed by atoms with Crippen LogP contribution in [0.4, 0.5) is 0 Å². The number of fused-ring (bicyclic) bond motifs is 2. The minimum atomic E-state index is 0.693. The molecule has 0 radical (unpaired) electrons. The monoisotopic (exact) mass is 252 g/mol. The van der Waals surface area contributed by atoms with Gasteiger partial charge in [0.05, 0.1) is 0 Å². The highest BCUT2D eigenvalue weighted by molar-refractivity contribution is 7.80. The molecule has 0 aromatic heterocycles. The van der Waals surface area contributed by atoms with Gasteiger partial charge in [0.2, 0.25) is 0 Å². The molecule has 0 spiro atoms. The molecule has 0 amide bonds. The molecule has 3 aliphatic rings. The molecule has 4 atom stereocenters. The molecule has 3 fully saturated rings. The normalized spacial score (nSPS) is 40.6. The van der Waals surface area contributed by atoms with Crippen LogP contribution in [-0.2, 0) is 0 Å². The van der Waals surface area contributed by atoms with E-state index in [0.29, 0.717) is 6.04 Å². The molecule has 0 aromatic carbocycles. The molecular formula is C14H24N2S. The molecule has 1 saturated heterocycles. The summed E-state index contributed by atoms with van der Waals surface area (Å²) in [4.78, 5) is 2.40. The summed E-state index contributed by atoms with van der Waals surface area (Å²) in [6, 6.07) is 0.693. The first kappa shape index (κ1) is 11.8. The highest BCUT2D eigenvalue weighted by Crippen LogP contribution is 2.44. The van der Waals surface area contributed by atoms with Gasteiger partial charge in [-0.1, -0.05) is 13.3 Å². The van der Waals surface area contributed by atoms with Gasteiger partial charge in [-0.15, -0.1) is 0 Å². The van der Waals surface area contributed by atoms with E-state index in [1.54, 1.807) is 0 Å². The van der Waals surface area contributed by atoms with Crippen molar-refractivity contribution in [1.29, 1.82) is 0 Å². The second-order valence-corrected chi connectivity index (χ2v) is 6.81. The fraction of sp³-hybridized carbons (Fsp3) is 0.929. The van der Waals surface area contributed by atoms with E-state index < -0.39 is 0 Å². The lowest BCUT2D eigenvalue weighted by Crippen LogP contribution is -2.49. The number of hydrogen-bond donors (Lipinski definition) is 1. The summed E-state index contributed by atoms with van der Waals surface area (Å²) in [5, 5.41) is 4.69. The zero-order valence-corrected chi connectivity index (χ0v) is 11.6. The van der Waals surface area contributed by atoms with Crippen LogP contribution in [0.3, 0.4) is 0 Å². The fourth-order valence-electron chi connectivity index (χ4n) is 4.05. The van der Waals surface area contributed by atoms with Crippen LogP contribution in [0.15, 0.2) is 0 Å². The molecule has 17 heavy (non-hydrogen) atoms. The summed E-state index contributed by atoms with van der Waals surface area (Å²) in [5.41, 5.74) is 0. The molecule has 1 aliphatic heterocycles. The topological polar surface area (TPSA) is 15.3 Å². The van der Waals surface area contributed by atoms with Crippen molar-refractivity contribution in [3.05, 3.63) is 0 Å². The van der Waals surface area contributed by atoms with Crippen molar-refractivity contribution in [3.8, 4) is 0 Å². The van der Waals surface area contributed by atoms with Gasteiger partial charge in [-0.05, 0) is 62.1 Å². The van der Waals surface area contributed by atoms with Crippen LogP contribution in [0, 0.1) is 17.8 Å². The van der Waals surface area contributed by atoms with Gasteiger partial charge in [0.15, 0.2) is 5.11 Å². The Morgan fingerprint density at radius 3 is 2.76 bits per heavy atom. The lowest BCUT2D eigenvalue weighted by molar-refractivity contribution is 0.263. The summed E-state index contributed by atoms with van der Waals surface area (Å²) >= 11 is 5.59. The number of nitrogens with zero attached hydrogens (tertiary/aromatic N) is 1. The number of hydrogen-bond acceptors (Lipinski definition) is 1. The maximum atomic E-state index is 5.59. The van der Waals surface area contributed by atoms with E-state index in [0.717, 1.165) is 36.0 Å². The van der Waals surface area contributed by atoms with Gasteiger partial charge in [0, 0.05) is 19.1 Å². The van der Waals surface area contributed by atoms with E-state index in [9.17, 15) is 0 Å². The van der Waals surface area contributed by atoms with Crippen LogP contribution < -0.4 is 5.32 Å². The molecule has 4 unspecified atom stereocenters. The molecule has 2 aliphatic carbocycles. The Balaban J connectivity index is 1.53. The van der Waals surface area contributed by atoms with Gasteiger partial charge >= 0.3 is 0 Å². The first-order valence-electron chi connectivity index (χ1n) is 7.28. The summed E-state index contributed by atoms with van der Waals surface area (Å²) in [7, 11) is 0. The summed E-state index contributed by atoms with van der Waals surface area (Å²) in [6.07, 6.45) is 8.40. The summed E-state index contributed by atoms with van der Waals surface area (Å²) in [5.74, 6) is 2.73. The first-order chi connectivity index (χ1) is 8.22. The molecular weight excluding hydrogens is 228 g/mol. The van der Waals surface area contributed by atoms with Crippen molar-refractivity contribution in [3.63, 3.8) is 0 Å². The van der Waals surface area contributed by atoms with E-state index in [1.807, 2.05) is 0 Å². The van der Waals surface area contributed by atoms with Crippen LogP contribution in [0.5, 0.6) is 0 Å². The van der Waals surface area contributed by atoms with Gasteiger partial charge in [-0.3, -0.25) is 0 Å². The van der Waals surface area contributed by atoms with Crippen LogP contribution in [0.1, 0.15) is 45.4 Å². The van der Waals surface area contributed by atoms with E-state index >= 15 is 0 Å². The second-order valence-electron chi connectivity index (χ2n) is 6.42. The molecule has 3 rings (SSSR count). The van der Waals surface area contributed by atoms with Gasteiger partial charge in [0.1, 0.15) is 0 Å². The van der Waals surface area contributed by atoms with Crippen molar-refractivity contribution in [1.82, 2.24) is 10.2 Å². The number of nitrogens with one attached hydrogen (secondary N) is 1. The Morgan fingerprint density at radius 2 is 2.12 bits per heavy atom. The summed E-state index contributed by atoms with van der Waals surface area (Å²) < 4.78 is 0. The zero-order valence-electron chi connectivity index (χ0n) is 10.8. The third-order valence-corrected chi connectivity index (χ3v) is 5.37. The van der Waals surface area contributed by atoms with Crippen LogP contribution >= 0.6 is 12.2 Å². The SMILES string of the molecule is CC1CCCN(C(=S)NC2CC3CCC2C3)C1. The minimum absolute atomic E-state index is 0.693. The molecule has 1 N–H and O–H groups in total. The van der Waals surface area contributed by atoms with Crippen LogP contribution in [0.25, 0.3) is 0 Å². The van der Waals surface area contributed by atoms with E-state index in [2.05, 4.69) is 17.1 Å². The average Bonchev–Trinajstić information content (AvgIpc) is 2.91. The summed E-state index contributed by atoms with van der Waals surface area (Å²) in [6.45, 7) is 4.66. The predicted molar refractivity (Wildman–Crippen MR) is 74.9 cm³/mol. The first-order valence-corrected chi connectivity index (χ1v) is 7.68. The maximum absolute atomic E-state index is 5.59. The quantitative estimate of drug-likeness (QED) is 0.723. The van der Waals surface area contributed by atoms with Gasteiger partial charge < -0.3 is 10.2 Å². The molecule has 96 valence electrons. The lowest BCUT2D eigenvalue weighted by atomic mass is 9.95. The van der Waals surface area contributed by atoms with E-state index in [1.165, 1.54) is 38.5 Å². The molecule has 0 aromatic rings. The van der Waals surface area contributed by atoms with E-state index in [-0.39, 0.29) is 0 Å². The molecule has 2 bridgehead atoms. The van der Waals surface area contributed by atoms with Crippen molar-refractivity contribution < 1.29 is 0 Å². The molecule has 1 heterocycles. The van der Waals surface area contributed by atoms with Crippen LogP contribution in [-0.4, -0.2) is 29.1 Å². The largest absolute Gasteiger partial charge is 0.360 e. The van der Waals surface area contributed by atoms with Crippen molar-refractivity contribution in [2.75, 3.05) is 13.1 Å². The van der Waals surface area contributed by atoms with Crippen LogP contribution in [0.2, 0.25) is 0 Å². The van der Waals surface area contributed by atoms with Gasteiger partial charge in [-0.25, -0.2) is 0 Å². The Morgan fingerprint density at radius 1 is 1.24 bits per heavy atom. The molecule has 2 nitrogen and oxygen atoms in total. The second kappa shape index (κ2) is 4.75. The Labute approximate surface area is 110 Å². The Bertz CT molecular complexity index is 305. The van der Waals surface area contributed by atoms with Crippen molar-refractivity contribution in [2.24, 2.45) is 17.8 Å². The zero-order chi connectivity index (χ0) is 11.8. The standard InChI is InChI=1S/C14H24N2S/c1-10-3-2-6-16(9-10)14(17)15-13-8-11-4-5-12(13)7-11/h10-13H,2-9H2,1H3,(H,15,17). The lowest BCUT2D eigenvalue weighted by Gasteiger charge is -2.35. The van der Waals surface area contributed by atoms with E-state index in [4.69, 9.17) is 12.2 Å². The van der Waals surface area contributed by atoms with Crippen molar-refractivity contribution >= 4 is 17.3 Å². The van der Waals surface area contributed by atoms with Gasteiger partial charge in [0.25, 0.3) is 0 Å². The Hall–Kier alpha value is -0.310. The highest BCUT2D eigenvalue weighted by Gasteiger charge is 2.40. The number of rotatable bonds is 1. The third-order valence-electron chi connectivity index (χ3n) is 4.99. The highest BCUT2D eigenvalue weighted by atomic mass is 32.1. The van der Waals surface area contributed by atoms with Gasteiger partial charge in [-0.2, -0.15) is 0 Å². The van der Waals surface area contributed by atoms with Crippen molar-refractivity contribution in [2.45, 2.75) is 51.5 Å².